The summed E-state index contributed by atoms with van der Waals surface area (Å²) in [7, 11) is 0. The first-order valence-electron chi connectivity index (χ1n) is 8.20. The average molecular weight is 328 g/mol. The SMILES string of the molecule is CCn1cc(-c2cccc(C(=O)NCCNC(=O)C(C)C)c2)cn1. The Kier molecular flexibility index (Phi) is 6.12. The van der Waals surface area contributed by atoms with E-state index in [9.17, 15) is 9.59 Å². The molecule has 0 atom stereocenters. The third kappa shape index (κ3) is 4.68. The molecule has 2 N–H and O–H groups in total. The minimum absolute atomic E-state index is 0.0146. The van der Waals surface area contributed by atoms with Crippen molar-refractivity contribution in [2.24, 2.45) is 5.92 Å². The van der Waals surface area contributed by atoms with Crippen molar-refractivity contribution in [3.63, 3.8) is 0 Å². The normalized spacial score (nSPS) is 10.7. The Bertz CT molecular complexity index is 707. The topological polar surface area (TPSA) is 76.0 Å². The molecule has 0 bridgehead atoms. The Morgan fingerprint density at radius 1 is 1.17 bits per heavy atom. The van der Waals surface area contributed by atoms with Gasteiger partial charge < -0.3 is 10.6 Å². The molecule has 0 fully saturated rings. The fourth-order valence-electron chi connectivity index (χ4n) is 2.19. The average Bonchev–Trinajstić information content (AvgIpc) is 3.07. The van der Waals surface area contributed by atoms with Crippen molar-refractivity contribution in [1.29, 1.82) is 0 Å². The van der Waals surface area contributed by atoms with Crippen molar-refractivity contribution < 1.29 is 9.59 Å². The van der Waals surface area contributed by atoms with E-state index in [-0.39, 0.29) is 17.7 Å². The van der Waals surface area contributed by atoms with Crippen molar-refractivity contribution >= 4 is 11.8 Å². The largest absolute Gasteiger partial charge is 0.354 e. The molecule has 0 aliphatic rings. The molecule has 0 spiro atoms. The highest BCUT2D eigenvalue weighted by atomic mass is 16.2. The number of carbonyl (C=O) groups excluding carboxylic acids is 2. The van der Waals surface area contributed by atoms with E-state index in [0.29, 0.717) is 18.7 Å². The van der Waals surface area contributed by atoms with Crippen LogP contribution in [0.1, 0.15) is 31.1 Å². The first-order chi connectivity index (χ1) is 11.5. The number of amides is 2. The molecule has 0 radical (unpaired) electrons. The van der Waals surface area contributed by atoms with E-state index >= 15 is 0 Å². The summed E-state index contributed by atoms with van der Waals surface area (Å²) < 4.78 is 1.85. The molecule has 0 unspecified atom stereocenters. The van der Waals surface area contributed by atoms with Gasteiger partial charge in [-0.25, -0.2) is 0 Å². The van der Waals surface area contributed by atoms with Crippen LogP contribution in [0.2, 0.25) is 0 Å². The second kappa shape index (κ2) is 8.29. The van der Waals surface area contributed by atoms with Crippen LogP contribution in [0.15, 0.2) is 36.7 Å². The predicted octanol–water partition coefficient (Wildman–Crippen LogP) is 2.07. The van der Waals surface area contributed by atoms with Crippen LogP contribution in [-0.2, 0) is 11.3 Å². The second-order valence-corrected chi connectivity index (χ2v) is 5.87. The van der Waals surface area contributed by atoms with Crippen LogP contribution in [0, 0.1) is 5.92 Å². The van der Waals surface area contributed by atoms with Gasteiger partial charge in [0.1, 0.15) is 0 Å². The summed E-state index contributed by atoms with van der Waals surface area (Å²) in [5, 5.41) is 9.84. The quantitative estimate of drug-likeness (QED) is 0.764. The maximum Gasteiger partial charge on any atom is 0.251 e. The molecule has 2 rings (SSSR count). The lowest BCUT2D eigenvalue weighted by atomic mass is 10.1. The smallest absolute Gasteiger partial charge is 0.251 e. The molecule has 24 heavy (non-hydrogen) atoms. The number of benzene rings is 1. The van der Waals surface area contributed by atoms with Gasteiger partial charge in [0.05, 0.1) is 6.20 Å². The summed E-state index contributed by atoms with van der Waals surface area (Å²) in [5.74, 6) is -0.223. The first kappa shape index (κ1) is 17.7. The molecule has 2 amide bonds. The second-order valence-electron chi connectivity index (χ2n) is 5.87. The van der Waals surface area contributed by atoms with Gasteiger partial charge in [-0.15, -0.1) is 0 Å². The number of carbonyl (C=O) groups is 2. The Balaban J connectivity index is 1.93. The van der Waals surface area contributed by atoms with Crippen molar-refractivity contribution in [2.75, 3.05) is 13.1 Å². The van der Waals surface area contributed by atoms with Crippen molar-refractivity contribution in [3.05, 3.63) is 42.2 Å². The Hall–Kier alpha value is -2.63. The lowest BCUT2D eigenvalue weighted by Crippen LogP contribution is -2.36. The summed E-state index contributed by atoms with van der Waals surface area (Å²) in [4.78, 5) is 23.7. The van der Waals surface area contributed by atoms with E-state index in [4.69, 9.17) is 0 Å². The molecule has 0 aliphatic carbocycles. The lowest BCUT2D eigenvalue weighted by molar-refractivity contribution is -0.123. The summed E-state index contributed by atoms with van der Waals surface area (Å²) >= 11 is 0. The molecule has 0 aliphatic heterocycles. The van der Waals surface area contributed by atoms with Crippen LogP contribution < -0.4 is 10.6 Å². The van der Waals surface area contributed by atoms with Crippen LogP contribution in [0.3, 0.4) is 0 Å². The van der Waals surface area contributed by atoms with E-state index in [1.54, 1.807) is 12.3 Å². The van der Waals surface area contributed by atoms with Gasteiger partial charge in [0.15, 0.2) is 0 Å². The Morgan fingerprint density at radius 2 is 1.92 bits per heavy atom. The van der Waals surface area contributed by atoms with Gasteiger partial charge in [0.25, 0.3) is 5.91 Å². The first-order valence-corrected chi connectivity index (χ1v) is 8.20. The molecule has 0 saturated heterocycles. The zero-order chi connectivity index (χ0) is 17.5. The van der Waals surface area contributed by atoms with Crippen LogP contribution in [0.25, 0.3) is 11.1 Å². The standard InChI is InChI=1S/C18H24N4O2/c1-4-22-12-16(11-21-22)14-6-5-7-15(10-14)18(24)20-9-8-19-17(23)13(2)3/h5-7,10-13H,4,8-9H2,1-3H3,(H,19,23)(H,20,24). The van der Waals surface area contributed by atoms with E-state index in [1.807, 2.05) is 49.8 Å². The highest BCUT2D eigenvalue weighted by Crippen LogP contribution is 2.19. The number of aromatic nitrogens is 2. The van der Waals surface area contributed by atoms with Crippen LogP contribution in [-0.4, -0.2) is 34.7 Å². The highest BCUT2D eigenvalue weighted by Gasteiger charge is 2.09. The van der Waals surface area contributed by atoms with Gasteiger partial charge in [0.2, 0.25) is 5.91 Å². The summed E-state index contributed by atoms with van der Waals surface area (Å²) in [6.07, 6.45) is 3.75. The fraction of sp³-hybridized carbons (Fsp3) is 0.389. The van der Waals surface area contributed by atoms with Gasteiger partial charge in [-0.3, -0.25) is 14.3 Å². The zero-order valence-electron chi connectivity index (χ0n) is 14.4. The van der Waals surface area contributed by atoms with E-state index in [2.05, 4.69) is 15.7 Å². The van der Waals surface area contributed by atoms with Gasteiger partial charge in [-0.05, 0) is 24.6 Å². The van der Waals surface area contributed by atoms with Gasteiger partial charge >= 0.3 is 0 Å². The van der Waals surface area contributed by atoms with E-state index in [0.717, 1.165) is 17.7 Å². The number of nitrogens with one attached hydrogen (secondary N) is 2. The maximum atomic E-state index is 12.2. The third-order valence-corrected chi connectivity index (χ3v) is 3.65. The van der Waals surface area contributed by atoms with Crippen molar-refractivity contribution in [3.8, 4) is 11.1 Å². The number of aryl methyl sites for hydroxylation is 1. The molecule has 6 heteroatoms. The molecule has 1 aromatic heterocycles. The highest BCUT2D eigenvalue weighted by molar-refractivity contribution is 5.95. The Labute approximate surface area is 142 Å². The van der Waals surface area contributed by atoms with Crippen LogP contribution >= 0.6 is 0 Å². The molecule has 0 saturated carbocycles. The maximum absolute atomic E-state index is 12.2. The van der Waals surface area contributed by atoms with E-state index < -0.39 is 0 Å². The molecular weight excluding hydrogens is 304 g/mol. The zero-order valence-corrected chi connectivity index (χ0v) is 14.4. The van der Waals surface area contributed by atoms with Crippen molar-refractivity contribution in [2.45, 2.75) is 27.3 Å². The third-order valence-electron chi connectivity index (χ3n) is 3.65. The summed E-state index contributed by atoms with van der Waals surface area (Å²) in [6, 6.07) is 7.43. The lowest BCUT2D eigenvalue weighted by Gasteiger charge is -2.09. The predicted molar refractivity (Wildman–Crippen MR) is 93.5 cm³/mol. The molecule has 2 aromatic rings. The molecule has 128 valence electrons. The molecule has 1 heterocycles. The van der Waals surface area contributed by atoms with Crippen LogP contribution in [0.5, 0.6) is 0 Å². The number of nitrogens with zero attached hydrogens (tertiary/aromatic N) is 2. The molecule has 1 aromatic carbocycles. The van der Waals surface area contributed by atoms with Crippen molar-refractivity contribution in [1.82, 2.24) is 20.4 Å². The number of hydrogen-bond donors (Lipinski definition) is 2. The number of rotatable bonds is 7. The summed E-state index contributed by atoms with van der Waals surface area (Å²) in [6.45, 7) is 7.32. The summed E-state index contributed by atoms with van der Waals surface area (Å²) in [5.41, 5.74) is 2.53. The molecule has 6 nitrogen and oxygen atoms in total. The van der Waals surface area contributed by atoms with Gasteiger partial charge in [-0.1, -0.05) is 26.0 Å². The molecular formula is C18H24N4O2. The Morgan fingerprint density at radius 3 is 2.58 bits per heavy atom. The minimum Gasteiger partial charge on any atom is -0.354 e. The monoisotopic (exact) mass is 328 g/mol. The van der Waals surface area contributed by atoms with E-state index in [1.165, 1.54) is 0 Å². The van der Waals surface area contributed by atoms with Crippen LogP contribution in [0.4, 0.5) is 0 Å². The van der Waals surface area contributed by atoms with Gasteiger partial charge in [-0.2, -0.15) is 5.10 Å². The van der Waals surface area contributed by atoms with Gasteiger partial charge in [0, 0.05) is 42.9 Å². The number of hydrogen-bond acceptors (Lipinski definition) is 3. The minimum atomic E-state index is -0.154. The fourth-order valence-corrected chi connectivity index (χ4v) is 2.19.